The van der Waals surface area contributed by atoms with Gasteiger partial charge in [0.1, 0.15) is 0 Å². The van der Waals surface area contributed by atoms with Gasteiger partial charge in [-0.25, -0.2) is 0 Å². The van der Waals surface area contributed by atoms with E-state index in [1.807, 2.05) is 19.2 Å². The lowest BCUT2D eigenvalue weighted by atomic mass is 9.93. The molecule has 1 atom stereocenters. The van der Waals surface area contributed by atoms with Crippen LogP contribution in [0.2, 0.25) is 5.02 Å². The number of nitrogens with one attached hydrogen (secondary N) is 1. The first-order valence-corrected chi connectivity index (χ1v) is 7.84. The summed E-state index contributed by atoms with van der Waals surface area (Å²) in [5.41, 5.74) is 4.27. The smallest absolute Gasteiger partial charge is 0.0406 e. The highest BCUT2D eigenvalue weighted by atomic mass is 35.5. The summed E-state index contributed by atoms with van der Waals surface area (Å²) in [6.07, 6.45) is 1.12. The molecule has 1 aliphatic heterocycles. The topological polar surface area (TPSA) is 15.3 Å². The van der Waals surface area contributed by atoms with E-state index in [4.69, 9.17) is 11.6 Å². The fourth-order valence-corrected chi connectivity index (χ4v) is 3.21. The molecule has 0 fully saturated rings. The summed E-state index contributed by atoms with van der Waals surface area (Å²) < 4.78 is 0. The summed E-state index contributed by atoms with van der Waals surface area (Å²) >= 11 is 5.98. The maximum absolute atomic E-state index is 5.98. The van der Waals surface area contributed by atoms with E-state index in [1.165, 1.54) is 16.7 Å². The molecule has 0 spiro atoms. The van der Waals surface area contributed by atoms with Crippen molar-refractivity contribution in [3.63, 3.8) is 0 Å². The highest BCUT2D eigenvalue weighted by molar-refractivity contribution is 6.30. The van der Waals surface area contributed by atoms with Gasteiger partial charge in [-0.05, 0) is 42.3 Å². The Morgan fingerprint density at radius 1 is 1.10 bits per heavy atom. The second-order valence-corrected chi connectivity index (χ2v) is 6.15. The van der Waals surface area contributed by atoms with Crippen molar-refractivity contribution in [2.45, 2.75) is 25.6 Å². The van der Waals surface area contributed by atoms with Crippen molar-refractivity contribution in [2.75, 3.05) is 13.6 Å². The molecular weight excluding hydrogens is 280 g/mol. The van der Waals surface area contributed by atoms with Gasteiger partial charge in [-0.1, -0.05) is 48.0 Å². The zero-order chi connectivity index (χ0) is 14.7. The molecule has 0 saturated heterocycles. The first-order valence-electron chi connectivity index (χ1n) is 7.46. The number of halogens is 1. The maximum atomic E-state index is 5.98. The zero-order valence-corrected chi connectivity index (χ0v) is 13.1. The Kier molecular flexibility index (Phi) is 4.59. The van der Waals surface area contributed by atoms with Crippen molar-refractivity contribution < 1.29 is 0 Å². The van der Waals surface area contributed by atoms with E-state index in [1.54, 1.807) is 0 Å². The molecule has 2 aromatic rings. The van der Waals surface area contributed by atoms with E-state index < -0.39 is 0 Å². The van der Waals surface area contributed by atoms with Crippen LogP contribution >= 0.6 is 11.6 Å². The summed E-state index contributed by atoms with van der Waals surface area (Å²) in [5, 5.41) is 4.13. The molecule has 0 aromatic heterocycles. The minimum atomic E-state index is 0.542. The van der Waals surface area contributed by atoms with Gasteiger partial charge in [0.15, 0.2) is 0 Å². The van der Waals surface area contributed by atoms with Crippen molar-refractivity contribution >= 4 is 11.6 Å². The van der Waals surface area contributed by atoms with Gasteiger partial charge < -0.3 is 5.32 Å². The van der Waals surface area contributed by atoms with E-state index in [0.29, 0.717) is 6.04 Å². The van der Waals surface area contributed by atoms with Crippen LogP contribution in [0.1, 0.15) is 16.7 Å². The SMILES string of the molecule is CNCC1Cc2ccccc2CN1Cc1ccc(Cl)cc1. The molecule has 0 amide bonds. The van der Waals surface area contributed by atoms with Gasteiger partial charge in [0.25, 0.3) is 0 Å². The van der Waals surface area contributed by atoms with E-state index in [-0.39, 0.29) is 0 Å². The molecular formula is C18H21ClN2. The van der Waals surface area contributed by atoms with Gasteiger partial charge in [-0.15, -0.1) is 0 Å². The third kappa shape index (κ3) is 3.46. The van der Waals surface area contributed by atoms with Crippen molar-refractivity contribution in [3.8, 4) is 0 Å². The van der Waals surface area contributed by atoms with Crippen molar-refractivity contribution in [1.82, 2.24) is 10.2 Å². The number of nitrogens with zero attached hydrogens (tertiary/aromatic N) is 1. The third-order valence-corrected chi connectivity index (χ3v) is 4.45. The first kappa shape index (κ1) is 14.6. The average Bonchev–Trinajstić information content (AvgIpc) is 2.50. The van der Waals surface area contributed by atoms with Crippen LogP contribution in [0.25, 0.3) is 0 Å². The molecule has 0 aliphatic carbocycles. The van der Waals surface area contributed by atoms with Gasteiger partial charge in [0.05, 0.1) is 0 Å². The first-order chi connectivity index (χ1) is 10.3. The quantitative estimate of drug-likeness (QED) is 0.930. The minimum absolute atomic E-state index is 0.542. The molecule has 3 heteroatoms. The Morgan fingerprint density at radius 3 is 2.52 bits per heavy atom. The zero-order valence-electron chi connectivity index (χ0n) is 12.3. The molecule has 0 saturated carbocycles. The van der Waals surface area contributed by atoms with Crippen molar-refractivity contribution in [3.05, 3.63) is 70.2 Å². The Bertz CT molecular complexity index is 594. The number of fused-ring (bicyclic) bond motifs is 1. The summed E-state index contributed by atoms with van der Waals surface area (Å²) in [7, 11) is 2.03. The number of likely N-dealkylation sites (N-methyl/N-ethyl adjacent to an activating group) is 1. The van der Waals surface area contributed by atoms with Crippen molar-refractivity contribution in [1.29, 1.82) is 0 Å². The number of hydrogen-bond donors (Lipinski definition) is 1. The lowest BCUT2D eigenvalue weighted by molar-refractivity contribution is 0.161. The lowest BCUT2D eigenvalue weighted by Gasteiger charge is -2.37. The van der Waals surface area contributed by atoms with E-state index in [2.05, 4.69) is 46.6 Å². The molecule has 2 aromatic carbocycles. The Morgan fingerprint density at radius 2 is 1.81 bits per heavy atom. The number of rotatable bonds is 4. The maximum Gasteiger partial charge on any atom is 0.0406 e. The molecule has 0 bridgehead atoms. The number of hydrogen-bond acceptors (Lipinski definition) is 2. The predicted octanol–water partition coefficient (Wildman–Crippen LogP) is 3.49. The highest BCUT2D eigenvalue weighted by Crippen LogP contribution is 2.25. The van der Waals surface area contributed by atoms with Crippen LogP contribution in [0.3, 0.4) is 0 Å². The minimum Gasteiger partial charge on any atom is -0.318 e. The van der Waals surface area contributed by atoms with Gasteiger partial charge in [0.2, 0.25) is 0 Å². The lowest BCUT2D eigenvalue weighted by Crippen LogP contribution is -2.45. The van der Waals surface area contributed by atoms with Crippen LogP contribution in [0, 0.1) is 0 Å². The second kappa shape index (κ2) is 6.61. The van der Waals surface area contributed by atoms with Crippen LogP contribution in [0.5, 0.6) is 0 Å². The summed E-state index contributed by atoms with van der Waals surface area (Å²) in [6, 6.07) is 17.5. The molecule has 110 valence electrons. The molecule has 3 rings (SSSR count). The van der Waals surface area contributed by atoms with Crippen molar-refractivity contribution in [2.24, 2.45) is 0 Å². The van der Waals surface area contributed by atoms with Gasteiger partial charge >= 0.3 is 0 Å². The van der Waals surface area contributed by atoms with Gasteiger partial charge in [-0.2, -0.15) is 0 Å². The monoisotopic (exact) mass is 300 g/mol. The second-order valence-electron chi connectivity index (χ2n) is 5.72. The van der Waals surface area contributed by atoms with E-state index in [9.17, 15) is 0 Å². The third-order valence-electron chi connectivity index (χ3n) is 4.20. The molecule has 1 heterocycles. The van der Waals surface area contributed by atoms with Crippen LogP contribution in [0.15, 0.2) is 48.5 Å². The normalized spacial score (nSPS) is 18.5. The highest BCUT2D eigenvalue weighted by Gasteiger charge is 2.25. The number of benzene rings is 2. The Balaban J connectivity index is 1.80. The fraction of sp³-hybridized carbons (Fsp3) is 0.333. The van der Waals surface area contributed by atoms with Crippen LogP contribution in [0.4, 0.5) is 0 Å². The van der Waals surface area contributed by atoms with Gasteiger partial charge in [-0.3, -0.25) is 4.90 Å². The molecule has 21 heavy (non-hydrogen) atoms. The summed E-state index contributed by atoms with van der Waals surface area (Å²) in [4.78, 5) is 2.56. The molecule has 1 unspecified atom stereocenters. The predicted molar refractivity (Wildman–Crippen MR) is 88.6 cm³/mol. The van der Waals surface area contributed by atoms with E-state index >= 15 is 0 Å². The molecule has 2 nitrogen and oxygen atoms in total. The summed E-state index contributed by atoms with van der Waals surface area (Å²) in [6.45, 7) is 3.00. The average molecular weight is 301 g/mol. The van der Waals surface area contributed by atoms with E-state index in [0.717, 1.165) is 31.1 Å². The largest absolute Gasteiger partial charge is 0.318 e. The molecule has 1 aliphatic rings. The Labute approximate surface area is 131 Å². The van der Waals surface area contributed by atoms with Gasteiger partial charge in [0, 0.05) is 30.7 Å². The van der Waals surface area contributed by atoms with Crippen LogP contribution in [-0.2, 0) is 19.5 Å². The fourth-order valence-electron chi connectivity index (χ4n) is 3.09. The molecule has 0 radical (unpaired) electrons. The Hall–Kier alpha value is -1.35. The molecule has 1 N–H and O–H groups in total. The van der Waals surface area contributed by atoms with Crippen LogP contribution in [-0.4, -0.2) is 24.5 Å². The summed E-state index contributed by atoms with van der Waals surface area (Å²) in [5.74, 6) is 0. The standard InChI is InChI=1S/C18H21ClN2/c1-20-11-18-10-15-4-2-3-5-16(15)13-21(18)12-14-6-8-17(19)9-7-14/h2-9,18,20H,10-13H2,1H3. The van der Waals surface area contributed by atoms with Crippen LogP contribution < -0.4 is 5.32 Å².